The van der Waals surface area contributed by atoms with Crippen LogP contribution in [0.2, 0.25) is 0 Å². The van der Waals surface area contributed by atoms with Gasteiger partial charge in [0.15, 0.2) is 0 Å². The van der Waals surface area contributed by atoms with Crippen LogP contribution in [-0.2, 0) is 16.1 Å². The van der Waals surface area contributed by atoms with Crippen molar-refractivity contribution in [2.45, 2.75) is 25.9 Å². The Bertz CT molecular complexity index is 678. The zero-order valence-electron chi connectivity index (χ0n) is 12.5. The third-order valence-electron chi connectivity index (χ3n) is 3.70. The Balaban J connectivity index is 1.60. The number of rotatable bonds is 4. The van der Waals surface area contributed by atoms with Crippen molar-refractivity contribution in [2.75, 3.05) is 5.32 Å². The smallest absolute Gasteiger partial charge is 0.268 e. The Labute approximate surface area is 129 Å². The second-order valence-corrected chi connectivity index (χ2v) is 5.24. The van der Waals surface area contributed by atoms with Crippen LogP contribution in [0.25, 0.3) is 0 Å². The van der Waals surface area contributed by atoms with Crippen molar-refractivity contribution in [3.63, 3.8) is 0 Å². The topological polar surface area (TPSA) is 50.7 Å². The van der Waals surface area contributed by atoms with Gasteiger partial charge in [0.1, 0.15) is 0 Å². The number of amides is 1. The second-order valence-electron chi connectivity index (χ2n) is 5.24. The number of hydrogen-bond donors (Lipinski definition) is 1. The van der Waals surface area contributed by atoms with Crippen LogP contribution >= 0.6 is 0 Å². The lowest BCUT2D eigenvalue weighted by atomic mass is 10.0. The van der Waals surface area contributed by atoms with E-state index < -0.39 is 6.10 Å². The molecule has 0 saturated heterocycles. The van der Waals surface area contributed by atoms with E-state index >= 15 is 0 Å². The first-order chi connectivity index (χ1) is 10.8. The maximum Gasteiger partial charge on any atom is 0.268 e. The van der Waals surface area contributed by atoms with Crippen LogP contribution in [0.4, 0.5) is 5.69 Å². The molecule has 1 N–H and O–H groups in total. The summed E-state index contributed by atoms with van der Waals surface area (Å²) in [5.41, 5.74) is 3.82. The van der Waals surface area contributed by atoms with Crippen LogP contribution < -0.4 is 5.32 Å². The van der Waals surface area contributed by atoms with Crippen molar-refractivity contribution in [3.05, 3.63) is 65.7 Å². The standard InChI is InChI=1S/C18H18N2O2/c1-2-13-8-10-15(11-9-13)19-18(21)17-12-16(20-22-17)14-6-4-3-5-7-14/h3-11,17H,2,12H2,1H3,(H,19,21). The van der Waals surface area contributed by atoms with Crippen molar-refractivity contribution >= 4 is 17.3 Å². The zero-order valence-corrected chi connectivity index (χ0v) is 12.5. The monoisotopic (exact) mass is 294 g/mol. The molecule has 1 atom stereocenters. The summed E-state index contributed by atoms with van der Waals surface area (Å²) in [6.07, 6.45) is 0.901. The first-order valence-corrected chi connectivity index (χ1v) is 7.44. The SMILES string of the molecule is CCc1ccc(NC(=O)C2CC(c3ccccc3)=NO2)cc1. The van der Waals surface area contributed by atoms with Crippen molar-refractivity contribution in [1.82, 2.24) is 0 Å². The molecule has 3 rings (SSSR count). The molecule has 0 aromatic heterocycles. The number of nitrogens with zero attached hydrogens (tertiary/aromatic N) is 1. The molecule has 0 bridgehead atoms. The lowest BCUT2D eigenvalue weighted by Crippen LogP contribution is -2.28. The molecule has 4 nitrogen and oxygen atoms in total. The largest absolute Gasteiger partial charge is 0.382 e. The van der Waals surface area contributed by atoms with Crippen LogP contribution in [0.3, 0.4) is 0 Å². The maximum atomic E-state index is 12.2. The van der Waals surface area contributed by atoms with Crippen molar-refractivity contribution < 1.29 is 9.63 Å². The third kappa shape index (κ3) is 3.17. The fourth-order valence-corrected chi connectivity index (χ4v) is 2.37. The Hall–Kier alpha value is -2.62. The Morgan fingerprint density at radius 1 is 1.18 bits per heavy atom. The molecule has 0 fully saturated rings. The van der Waals surface area contributed by atoms with Gasteiger partial charge in [-0.1, -0.05) is 54.5 Å². The molecule has 1 heterocycles. The normalized spacial score (nSPS) is 16.8. The van der Waals surface area contributed by atoms with Gasteiger partial charge in [-0.05, 0) is 29.7 Å². The second kappa shape index (κ2) is 6.43. The molecule has 1 aliphatic rings. The van der Waals surface area contributed by atoms with Crippen molar-refractivity contribution in [2.24, 2.45) is 5.16 Å². The van der Waals surface area contributed by atoms with E-state index in [-0.39, 0.29) is 5.91 Å². The number of carbonyl (C=O) groups excluding carboxylic acids is 1. The quantitative estimate of drug-likeness (QED) is 0.939. The predicted molar refractivity (Wildman–Crippen MR) is 86.9 cm³/mol. The number of anilines is 1. The molecule has 4 heteroatoms. The van der Waals surface area contributed by atoms with E-state index in [1.54, 1.807) is 0 Å². The van der Waals surface area contributed by atoms with Gasteiger partial charge in [0.2, 0.25) is 6.10 Å². The van der Waals surface area contributed by atoms with Crippen LogP contribution in [0, 0.1) is 0 Å². The minimum Gasteiger partial charge on any atom is -0.382 e. The van der Waals surface area contributed by atoms with E-state index in [4.69, 9.17) is 4.84 Å². The van der Waals surface area contributed by atoms with Gasteiger partial charge in [0.25, 0.3) is 5.91 Å². The molecular formula is C18H18N2O2. The molecule has 0 radical (unpaired) electrons. The molecule has 22 heavy (non-hydrogen) atoms. The first-order valence-electron chi connectivity index (χ1n) is 7.44. The summed E-state index contributed by atoms with van der Waals surface area (Å²) in [5, 5.41) is 6.90. The highest BCUT2D eigenvalue weighted by molar-refractivity contribution is 6.06. The van der Waals surface area contributed by atoms with E-state index in [1.807, 2.05) is 54.6 Å². The van der Waals surface area contributed by atoms with Crippen molar-refractivity contribution in [3.8, 4) is 0 Å². The van der Waals surface area contributed by atoms with Gasteiger partial charge in [-0.15, -0.1) is 0 Å². The van der Waals surface area contributed by atoms with Crippen LogP contribution in [-0.4, -0.2) is 17.7 Å². The Kier molecular flexibility index (Phi) is 4.19. The molecule has 0 saturated carbocycles. The predicted octanol–water partition coefficient (Wildman–Crippen LogP) is 3.38. The zero-order chi connectivity index (χ0) is 15.4. The summed E-state index contributed by atoms with van der Waals surface area (Å²) in [7, 11) is 0. The highest BCUT2D eigenvalue weighted by Crippen LogP contribution is 2.18. The Morgan fingerprint density at radius 2 is 1.91 bits per heavy atom. The summed E-state index contributed by atoms with van der Waals surface area (Å²) >= 11 is 0. The van der Waals surface area contributed by atoms with Gasteiger partial charge in [-0.2, -0.15) is 0 Å². The van der Waals surface area contributed by atoms with E-state index in [9.17, 15) is 4.79 Å². The minimum absolute atomic E-state index is 0.168. The summed E-state index contributed by atoms with van der Waals surface area (Å²) in [5.74, 6) is -0.168. The number of carbonyl (C=O) groups is 1. The van der Waals surface area contributed by atoms with E-state index in [0.29, 0.717) is 6.42 Å². The highest BCUT2D eigenvalue weighted by Gasteiger charge is 2.28. The van der Waals surface area contributed by atoms with Crippen LogP contribution in [0.1, 0.15) is 24.5 Å². The van der Waals surface area contributed by atoms with E-state index in [2.05, 4.69) is 17.4 Å². The number of oxime groups is 1. The van der Waals surface area contributed by atoms with Gasteiger partial charge in [-0.25, -0.2) is 0 Å². The molecule has 1 aliphatic heterocycles. The molecule has 2 aromatic rings. The van der Waals surface area contributed by atoms with Crippen molar-refractivity contribution in [1.29, 1.82) is 0 Å². The van der Waals surface area contributed by atoms with Gasteiger partial charge in [0.05, 0.1) is 5.71 Å². The fraction of sp³-hybridized carbons (Fsp3) is 0.222. The van der Waals surface area contributed by atoms with Gasteiger partial charge >= 0.3 is 0 Å². The minimum atomic E-state index is -0.568. The van der Waals surface area contributed by atoms with Crippen LogP contribution in [0.15, 0.2) is 59.8 Å². The van der Waals surface area contributed by atoms with Gasteiger partial charge in [-0.3, -0.25) is 4.79 Å². The first kappa shape index (κ1) is 14.3. The van der Waals surface area contributed by atoms with Gasteiger partial charge in [0, 0.05) is 12.1 Å². The molecule has 0 aliphatic carbocycles. The molecule has 0 spiro atoms. The lowest BCUT2D eigenvalue weighted by Gasteiger charge is -2.10. The average molecular weight is 294 g/mol. The van der Waals surface area contributed by atoms with E-state index in [0.717, 1.165) is 23.4 Å². The number of nitrogens with one attached hydrogen (secondary N) is 1. The third-order valence-corrected chi connectivity index (χ3v) is 3.70. The number of hydrogen-bond acceptors (Lipinski definition) is 3. The molecule has 1 unspecified atom stereocenters. The molecule has 2 aromatic carbocycles. The number of aryl methyl sites for hydroxylation is 1. The molecule has 112 valence electrons. The lowest BCUT2D eigenvalue weighted by molar-refractivity contribution is -0.125. The van der Waals surface area contributed by atoms with Gasteiger partial charge < -0.3 is 10.2 Å². The van der Waals surface area contributed by atoms with Crippen LogP contribution in [0.5, 0.6) is 0 Å². The summed E-state index contributed by atoms with van der Waals surface area (Å²) < 4.78 is 0. The fourth-order valence-electron chi connectivity index (χ4n) is 2.37. The highest BCUT2D eigenvalue weighted by atomic mass is 16.6. The summed E-state index contributed by atoms with van der Waals surface area (Å²) in [6, 6.07) is 17.6. The summed E-state index contributed by atoms with van der Waals surface area (Å²) in [4.78, 5) is 17.5. The maximum absolute atomic E-state index is 12.2. The Morgan fingerprint density at radius 3 is 2.59 bits per heavy atom. The molecular weight excluding hydrogens is 276 g/mol. The number of benzene rings is 2. The summed E-state index contributed by atoms with van der Waals surface area (Å²) in [6.45, 7) is 2.10. The molecule has 1 amide bonds. The average Bonchev–Trinajstić information content (AvgIpc) is 3.06. The van der Waals surface area contributed by atoms with E-state index in [1.165, 1.54) is 5.56 Å².